The molecule has 2 unspecified atom stereocenters. The van der Waals surface area contributed by atoms with Crippen molar-refractivity contribution >= 4 is 15.9 Å². The average molecular weight is 602 g/mol. The first-order valence-electron chi connectivity index (χ1n) is 14.3. The molecule has 7 nitrogen and oxygen atoms in total. The van der Waals surface area contributed by atoms with Crippen LogP contribution in [0.5, 0.6) is 0 Å². The van der Waals surface area contributed by atoms with Crippen LogP contribution in [-0.2, 0) is 29.4 Å². The molecule has 0 saturated carbocycles. The van der Waals surface area contributed by atoms with Gasteiger partial charge < -0.3 is 15.7 Å². The number of carbonyl (C=O) groups is 1. The van der Waals surface area contributed by atoms with Crippen LogP contribution in [0.2, 0.25) is 0 Å². The number of hydrogen-bond acceptors (Lipinski definition) is 5. The van der Waals surface area contributed by atoms with Crippen molar-refractivity contribution in [3.63, 3.8) is 0 Å². The van der Waals surface area contributed by atoms with E-state index in [1.54, 1.807) is 0 Å². The molecule has 0 bridgehead atoms. The van der Waals surface area contributed by atoms with Crippen LogP contribution in [0.3, 0.4) is 0 Å². The molecule has 0 aliphatic rings. The second-order valence-electron chi connectivity index (χ2n) is 10.5. The number of aliphatic hydroxyl groups excluding tert-OH is 1. The molecule has 0 heterocycles. The van der Waals surface area contributed by atoms with Crippen molar-refractivity contribution in [3.8, 4) is 0 Å². The number of nitrogens with one attached hydrogen (secondary N) is 2. The van der Waals surface area contributed by atoms with Gasteiger partial charge in [-0.25, -0.2) is 21.5 Å². The molecular weight excluding hydrogens is 560 g/mol. The maximum absolute atomic E-state index is 13.9. The first kappa shape index (κ1) is 33.3. The third kappa shape index (κ3) is 9.69. The van der Waals surface area contributed by atoms with E-state index in [0.717, 1.165) is 49.4 Å². The molecule has 0 aliphatic heterocycles. The lowest BCUT2D eigenvalue weighted by atomic mass is 10.00. The number of benzene rings is 3. The summed E-state index contributed by atoms with van der Waals surface area (Å²) in [4.78, 5) is 13.2. The van der Waals surface area contributed by atoms with Crippen molar-refractivity contribution in [2.24, 2.45) is 0 Å². The van der Waals surface area contributed by atoms with Gasteiger partial charge in [-0.05, 0) is 72.4 Å². The lowest BCUT2D eigenvalue weighted by molar-refractivity contribution is 0.0829. The van der Waals surface area contributed by atoms with Crippen molar-refractivity contribution in [1.29, 1.82) is 0 Å². The van der Waals surface area contributed by atoms with E-state index in [2.05, 4.69) is 23.6 Å². The van der Waals surface area contributed by atoms with E-state index in [4.69, 9.17) is 0 Å². The number of unbranched alkanes of at least 4 members (excludes halogenated alkanes) is 2. The van der Waals surface area contributed by atoms with Gasteiger partial charge in [0.25, 0.3) is 5.91 Å². The molecule has 0 spiro atoms. The Hall–Kier alpha value is -3.18. The summed E-state index contributed by atoms with van der Waals surface area (Å²) < 4.78 is 54.9. The fourth-order valence-corrected chi connectivity index (χ4v) is 5.86. The Morgan fingerprint density at radius 3 is 2.24 bits per heavy atom. The minimum absolute atomic E-state index is 0.0242. The average Bonchev–Trinajstić information content (AvgIpc) is 2.96. The van der Waals surface area contributed by atoms with Gasteiger partial charge in [0.05, 0.1) is 17.0 Å². The highest BCUT2D eigenvalue weighted by Gasteiger charge is 2.24. The number of halogens is 2. The van der Waals surface area contributed by atoms with Gasteiger partial charge in [0.2, 0.25) is 10.0 Å². The van der Waals surface area contributed by atoms with Crippen molar-refractivity contribution in [3.05, 3.63) is 101 Å². The zero-order chi connectivity index (χ0) is 30.7. The molecule has 3 aromatic rings. The monoisotopic (exact) mass is 601 g/mol. The Kier molecular flexibility index (Phi) is 12.6. The van der Waals surface area contributed by atoms with Gasteiger partial charge >= 0.3 is 0 Å². The van der Waals surface area contributed by atoms with E-state index < -0.39 is 39.7 Å². The SMILES string of the molecule is CCCCCN(C)S(=O)(=O)c1ccc(C(=O)NC(Cc2cc(F)cc(F)c2)C(O)CNCc2cccc(CC)c2)cc1. The fraction of sp³-hybridized carbons (Fsp3) is 0.406. The zero-order valence-electron chi connectivity index (χ0n) is 24.4. The second-order valence-corrected chi connectivity index (χ2v) is 12.5. The van der Waals surface area contributed by atoms with Crippen LogP contribution in [0, 0.1) is 11.6 Å². The maximum Gasteiger partial charge on any atom is 0.251 e. The zero-order valence-corrected chi connectivity index (χ0v) is 25.3. The number of nitrogens with zero attached hydrogens (tertiary/aromatic N) is 1. The van der Waals surface area contributed by atoms with E-state index in [0.29, 0.717) is 13.1 Å². The van der Waals surface area contributed by atoms with Gasteiger partial charge in [-0.1, -0.05) is 51.0 Å². The Balaban J connectivity index is 1.72. The molecule has 0 saturated heterocycles. The number of rotatable bonds is 16. The molecule has 0 aliphatic carbocycles. The Morgan fingerprint density at radius 1 is 0.929 bits per heavy atom. The molecule has 0 radical (unpaired) electrons. The summed E-state index contributed by atoms with van der Waals surface area (Å²) in [7, 11) is -2.17. The second kappa shape index (κ2) is 15.9. The predicted octanol–water partition coefficient (Wildman–Crippen LogP) is 4.83. The number of aliphatic hydroxyl groups is 1. The highest BCUT2D eigenvalue weighted by molar-refractivity contribution is 7.89. The summed E-state index contributed by atoms with van der Waals surface area (Å²) in [6.07, 6.45) is 2.44. The highest BCUT2D eigenvalue weighted by Crippen LogP contribution is 2.17. The van der Waals surface area contributed by atoms with Crippen LogP contribution >= 0.6 is 0 Å². The molecule has 0 fully saturated rings. The van der Waals surface area contributed by atoms with Crippen LogP contribution in [0.25, 0.3) is 0 Å². The molecule has 2 atom stereocenters. The molecule has 228 valence electrons. The van der Waals surface area contributed by atoms with Gasteiger partial charge in [-0.3, -0.25) is 4.79 Å². The summed E-state index contributed by atoms with van der Waals surface area (Å²) in [5.41, 5.74) is 2.70. The summed E-state index contributed by atoms with van der Waals surface area (Å²) in [5.74, 6) is -2.06. The minimum Gasteiger partial charge on any atom is -0.390 e. The van der Waals surface area contributed by atoms with E-state index >= 15 is 0 Å². The number of amides is 1. The number of hydrogen-bond donors (Lipinski definition) is 3. The predicted molar refractivity (Wildman–Crippen MR) is 161 cm³/mol. The maximum atomic E-state index is 13.9. The lowest BCUT2D eigenvalue weighted by Gasteiger charge is -2.25. The number of aryl methyl sites for hydroxylation is 1. The Bertz CT molecular complexity index is 1400. The first-order chi connectivity index (χ1) is 20.0. The molecule has 3 N–H and O–H groups in total. The van der Waals surface area contributed by atoms with Gasteiger partial charge in [0, 0.05) is 38.3 Å². The summed E-state index contributed by atoms with van der Waals surface area (Å²) >= 11 is 0. The summed E-state index contributed by atoms with van der Waals surface area (Å²) in [5, 5.41) is 17.0. The van der Waals surface area contributed by atoms with E-state index in [1.165, 1.54) is 41.2 Å². The molecule has 42 heavy (non-hydrogen) atoms. The summed E-state index contributed by atoms with van der Waals surface area (Å²) in [6.45, 7) is 5.11. The van der Waals surface area contributed by atoms with E-state index in [1.807, 2.05) is 25.1 Å². The molecule has 10 heteroatoms. The van der Waals surface area contributed by atoms with Crippen LogP contribution in [0.15, 0.2) is 71.6 Å². The lowest BCUT2D eigenvalue weighted by Crippen LogP contribution is -2.48. The molecule has 0 aromatic heterocycles. The van der Waals surface area contributed by atoms with Crippen LogP contribution in [0.1, 0.15) is 60.2 Å². The van der Waals surface area contributed by atoms with Crippen molar-refractivity contribution < 1.29 is 27.1 Å². The third-order valence-corrected chi connectivity index (χ3v) is 9.01. The van der Waals surface area contributed by atoms with Crippen molar-refractivity contribution in [2.75, 3.05) is 20.1 Å². The van der Waals surface area contributed by atoms with Crippen LogP contribution in [0.4, 0.5) is 8.78 Å². The molecular formula is C32H41F2N3O4S. The van der Waals surface area contributed by atoms with Gasteiger partial charge in [0.15, 0.2) is 0 Å². The Labute approximate surface area is 248 Å². The quantitative estimate of drug-likeness (QED) is 0.204. The topological polar surface area (TPSA) is 98.7 Å². The third-order valence-electron chi connectivity index (χ3n) is 7.14. The fourth-order valence-electron chi connectivity index (χ4n) is 4.65. The van der Waals surface area contributed by atoms with Crippen LogP contribution in [-0.4, -0.2) is 56.0 Å². The van der Waals surface area contributed by atoms with Crippen molar-refractivity contribution in [1.82, 2.24) is 14.9 Å². The number of carbonyl (C=O) groups excluding carboxylic acids is 1. The van der Waals surface area contributed by atoms with E-state index in [-0.39, 0.29) is 29.0 Å². The standard InChI is InChI=1S/C32H41F2N3O4S/c1-4-6-7-15-37(3)42(40,41)29-13-11-26(12-14-29)32(39)36-30(19-25-17-27(33)20-28(34)18-25)31(38)22-35-21-24-10-8-9-23(5-2)16-24/h8-14,16-18,20,30-31,35,38H,4-7,15,19,21-22H2,1-3H3,(H,36,39). The number of sulfonamides is 1. The van der Waals surface area contributed by atoms with Crippen molar-refractivity contribution in [2.45, 2.75) is 69.5 Å². The van der Waals surface area contributed by atoms with Gasteiger partial charge in [0.1, 0.15) is 11.6 Å². The molecule has 1 amide bonds. The van der Waals surface area contributed by atoms with Gasteiger partial charge in [-0.15, -0.1) is 0 Å². The smallest absolute Gasteiger partial charge is 0.251 e. The molecule has 3 aromatic carbocycles. The largest absolute Gasteiger partial charge is 0.390 e. The van der Waals surface area contributed by atoms with Crippen LogP contribution < -0.4 is 10.6 Å². The molecule has 3 rings (SSSR count). The van der Waals surface area contributed by atoms with Gasteiger partial charge in [-0.2, -0.15) is 0 Å². The highest BCUT2D eigenvalue weighted by atomic mass is 32.2. The first-order valence-corrected chi connectivity index (χ1v) is 15.8. The minimum atomic E-state index is -3.70. The summed E-state index contributed by atoms with van der Waals surface area (Å²) in [6, 6.07) is 15.8. The van der Waals surface area contributed by atoms with E-state index in [9.17, 15) is 27.1 Å². The Morgan fingerprint density at radius 2 is 1.60 bits per heavy atom. The normalized spacial score (nSPS) is 13.2.